The van der Waals surface area contributed by atoms with E-state index in [1.165, 1.54) is 26.0 Å². The maximum absolute atomic E-state index is 12.2. The van der Waals surface area contributed by atoms with Crippen LogP contribution in [0.1, 0.15) is 45.9 Å². The van der Waals surface area contributed by atoms with Crippen LogP contribution in [-0.2, 0) is 9.53 Å². The summed E-state index contributed by atoms with van der Waals surface area (Å²) in [5.41, 5.74) is 0.667. The van der Waals surface area contributed by atoms with Crippen LogP contribution in [0.5, 0.6) is 0 Å². The van der Waals surface area contributed by atoms with Gasteiger partial charge in [0.05, 0.1) is 12.2 Å². The molecule has 2 aromatic rings. The zero-order valence-electron chi connectivity index (χ0n) is 14.6. The third-order valence-electron chi connectivity index (χ3n) is 3.47. The molecule has 0 saturated carbocycles. The second-order valence-corrected chi connectivity index (χ2v) is 5.77. The lowest BCUT2D eigenvalue weighted by Crippen LogP contribution is -2.14. The predicted octanol–water partition coefficient (Wildman–Crippen LogP) is 4.27. The van der Waals surface area contributed by atoms with Crippen LogP contribution in [0.4, 0.5) is 5.88 Å². The van der Waals surface area contributed by atoms with Gasteiger partial charge in [-0.05, 0) is 38.5 Å². The lowest BCUT2D eigenvalue weighted by atomic mass is 10.1. The highest BCUT2D eigenvalue weighted by atomic mass is 35.5. The van der Waals surface area contributed by atoms with Gasteiger partial charge in [0.1, 0.15) is 11.3 Å². The number of nitrogens with one attached hydrogen (secondary N) is 1. The molecule has 1 heterocycles. The van der Waals surface area contributed by atoms with Gasteiger partial charge in [0.15, 0.2) is 5.78 Å². The van der Waals surface area contributed by atoms with Gasteiger partial charge >= 0.3 is 5.97 Å². The van der Waals surface area contributed by atoms with E-state index in [1.807, 2.05) is 0 Å². The summed E-state index contributed by atoms with van der Waals surface area (Å²) in [4.78, 5) is 36.2. The van der Waals surface area contributed by atoms with Crippen LogP contribution in [0.3, 0.4) is 0 Å². The normalized spacial score (nSPS) is 10.8. The Morgan fingerprint density at radius 1 is 1.23 bits per heavy atom. The fourth-order valence-electron chi connectivity index (χ4n) is 2.38. The minimum absolute atomic E-state index is 0.0867. The molecule has 1 N–H and O–H groups in total. The summed E-state index contributed by atoms with van der Waals surface area (Å²) in [6.45, 7) is 4.61. The number of hydrogen-bond donors (Lipinski definition) is 1. The van der Waals surface area contributed by atoms with Crippen LogP contribution < -0.4 is 5.32 Å². The molecule has 1 aromatic heterocycles. The minimum Gasteiger partial charge on any atom is -0.462 e. The van der Waals surface area contributed by atoms with E-state index in [4.69, 9.17) is 20.8 Å². The first-order valence-corrected chi connectivity index (χ1v) is 8.28. The Labute approximate surface area is 155 Å². The molecule has 0 spiro atoms. The zero-order valence-corrected chi connectivity index (χ0v) is 15.3. The summed E-state index contributed by atoms with van der Waals surface area (Å²) in [7, 11) is 0. The first-order valence-electron chi connectivity index (χ1n) is 7.90. The first-order chi connectivity index (χ1) is 12.3. The number of aryl methyl sites for hydroxylation is 1. The summed E-state index contributed by atoms with van der Waals surface area (Å²) in [6, 6.07) is 7.02. The van der Waals surface area contributed by atoms with Gasteiger partial charge < -0.3 is 9.15 Å². The maximum atomic E-state index is 12.2. The number of furan rings is 1. The molecule has 0 radical (unpaired) electrons. The molecule has 1 aromatic carbocycles. The molecule has 0 unspecified atom stereocenters. The lowest BCUT2D eigenvalue weighted by Gasteiger charge is -2.04. The van der Waals surface area contributed by atoms with Crippen molar-refractivity contribution < 1.29 is 23.5 Å². The molecular weight excluding hydrogens is 358 g/mol. The van der Waals surface area contributed by atoms with Crippen LogP contribution >= 0.6 is 11.6 Å². The number of ether oxygens (including phenoxy) is 1. The van der Waals surface area contributed by atoms with Gasteiger partial charge in [-0.2, -0.15) is 0 Å². The Kier molecular flexibility index (Phi) is 6.36. The van der Waals surface area contributed by atoms with Gasteiger partial charge in [0.25, 0.3) is 5.91 Å². The number of amides is 1. The van der Waals surface area contributed by atoms with Gasteiger partial charge in [0, 0.05) is 11.1 Å². The van der Waals surface area contributed by atoms with Crippen LogP contribution in [-0.4, -0.2) is 24.3 Å². The Bertz CT molecular complexity index is 882. The Morgan fingerprint density at radius 2 is 1.92 bits per heavy atom. The number of esters is 1. The number of Topliss-reactive ketones (excluding diaryl/α,β-unsaturated/α-hetero) is 1. The Balaban J connectivity index is 2.29. The minimum atomic E-state index is -0.736. The predicted molar refractivity (Wildman–Crippen MR) is 98.5 cm³/mol. The van der Waals surface area contributed by atoms with Crippen LogP contribution in [0, 0.1) is 6.92 Å². The fraction of sp³-hybridized carbons (Fsp3) is 0.211. The largest absolute Gasteiger partial charge is 0.462 e. The van der Waals surface area contributed by atoms with E-state index in [2.05, 4.69) is 5.32 Å². The molecule has 6 nitrogen and oxygen atoms in total. The standard InChI is InChI=1S/C19H18ClNO5/c1-4-25-19(24)17-16(11(2)22)12(3)26-18(17)21-15(23)10-9-13-7-5-6-8-14(13)20/h5-10H,4H2,1-3H3,(H,21,23)/b10-9+. The fourth-order valence-corrected chi connectivity index (χ4v) is 2.58. The average molecular weight is 376 g/mol. The molecule has 0 aliphatic rings. The molecule has 7 heteroatoms. The number of hydrogen-bond acceptors (Lipinski definition) is 5. The highest BCUT2D eigenvalue weighted by Gasteiger charge is 2.28. The number of carbonyl (C=O) groups excluding carboxylic acids is 3. The van der Waals surface area contributed by atoms with Crippen molar-refractivity contribution in [3.05, 3.63) is 57.8 Å². The average Bonchev–Trinajstić information content (AvgIpc) is 2.90. The van der Waals surface area contributed by atoms with E-state index in [0.717, 1.165) is 0 Å². The topological polar surface area (TPSA) is 85.6 Å². The van der Waals surface area contributed by atoms with Gasteiger partial charge in [-0.1, -0.05) is 29.8 Å². The Morgan fingerprint density at radius 3 is 2.54 bits per heavy atom. The van der Waals surface area contributed by atoms with Crippen molar-refractivity contribution in [1.82, 2.24) is 0 Å². The lowest BCUT2D eigenvalue weighted by molar-refractivity contribution is -0.111. The summed E-state index contributed by atoms with van der Waals surface area (Å²) in [5.74, 6) is -1.54. The van der Waals surface area contributed by atoms with Crippen molar-refractivity contribution in [3.8, 4) is 0 Å². The number of anilines is 1. The molecule has 0 atom stereocenters. The van der Waals surface area contributed by atoms with Crippen molar-refractivity contribution in [2.45, 2.75) is 20.8 Å². The third kappa shape index (κ3) is 4.40. The number of ketones is 1. The molecule has 26 heavy (non-hydrogen) atoms. The molecular formula is C19H18ClNO5. The van der Waals surface area contributed by atoms with Gasteiger partial charge in [-0.25, -0.2) is 4.79 Å². The van der Waals surface area contributed by atoms with Crippen molar-refractivity contribution >= 4 is 41.2 Å². The first kappa shape index (κ1) is 19.5. The number of halogens is 1. The van der Waals surface area contributed by atoms with Crippen molar-refractivity contribution in [2.24, 2.45) is 0 Å². The van der Waals surface area contributed by atoms with E-state index in [-0.39, 0.29) is 35.2 Å². The van der Waals surface area contributed by atoms with Crippen LogP contribution in [0.15, 0.2) is 34.8 Å². The second-order valence-electron chi connectivity index (χ2n) is 5.36. The molecule has 0 fully saturated rings. The zero-order chi connectivity index (χ0) is 19.3. The van der Waals surface area contributed by atoms with E-state index in [0.29, 0.717) is 10.6 Å². The number of benzene rings is 1. The highest BCUT2D eigenvalue weighted by Crippen LogP contribution is 2.28. The SMILES string of the molecule is CCOC(=O)c1c(NC(=O)/C=C/c2ccccc2Cl)oc(C)c1C(C)=O. The molecule has 1 amide bonds. The summed E-state index contributed by atoms with van der Waals surface area (Å²) in [6.07, 6.45) is 2.78. The van der Waals surface area contributed by atoms with E-state index < -0.39 is 11.9 Å². The molecule has 0 saturated heterocycles. The van der Waals surface area contributed by atoms with Gasteiger partial charge in [-0.3, -0.25) is 14.9 Å². The smallest absolute Gasteiger partial charge is 0.344 e. The van der Waals surface area contributed by atoms with Gasteiger partial charge in [-0.15, -0.1) is 0 Å². The summed E-state index contributed by atoms with van der Waals surface area (Å²) in [5, 5.41) is 2.96. The molecule has 0 bridgehead atoms. The van der Waals surface area contributed by atoms with Crippen LogP contribution in [0.2, 0.25) is 5.02 Å². The van der Waals surface area contributed by atoms with Crippen LogP contribution in [0.25, 0.3) is 6.08 Å². The second kappa shape index (κ2) is 8.49. The Hall–Kier alpha value is -2.86. The summed E-state index contributed by atoms with van der Waals surface area (Å²) < 4.78 is 10.4. The summed E-state index contributed by atoms with van der Waals surface area (Å²) >= 11 is 6.03. The maximum Gasteiger partial charge on any atom is 0.344 e. The van der Waals surface area contributed by atoms with Crippen molar-refractivity contribution in [3.63, 3.8) is 0 Å². The highest BCUT2D eigenvalue weighted by molar-refractivity contribution is 6.32. The van der Waals surface area contributed by atoms with Crippen molar-refractivity contribution in [1.29, 1.82) is 0 Å². The van der Waals surface area contributed by atoms with E-state index in [9.17, 15) is 14.4 Å². The molecule has 2 rings (SSSR count). The van der Waals surface area contributed by atoms with Crippen molar-refractivity contribution in [2.75, 3.05) is 11.9 Å². The molecule has 136 valence electrons. The number of carbonyl (C=O) groups is 3. The molecule has 0 aliphatic heterocycles. The van der Waals surface area contributed by atoms with Gasteiger partial charge in [0.2, 0.25) is 5.88 Å². The third-order valence-corrected chi connectivity index (χ3v) is 3.82. The van der Waals surface area contributed by atoms with E-state index >= 15 is 0 Å². The van der Waals surface area contributed by atoms with E-state index in [1.54, 1.807) is 31.2 Å². The monoisotopic (exact) mass is 375 g/mol. The number of rotatable bonds is 6. The molecule has 0 aliphatic carbocycles. The quantitative estimate of drug-likeness (QED) is 0.463.